The van der Waals surface area contributed by atoms with E-state index in [0.717, 1.165) is 33.8 Å². The molecule has 5 rings (SSSR count). The summed E-state index contributed by atoms with van der Waals surface area (Å²) in [4.78, 5) is 0. The lowest BCUT2D eigenvalue weighted by Gasteiger charge is -2.16. The summed E-state index contributed by atoms with van der Waals surface area (Å²) in [7, 11) is 4.88. The molecule has 0 saturated heterocycles. The van der Waals surface area contributed by atoms with Crippen LogP contribution in [0.2, 0.25) is 0 Å². The van der Waals surface area contributed by atoms with Crippen molar-refractivity contribution in [3.8, 4) is 45.5 Å². The highest BCUT2D eigenvalue weighted by molar-refractivity contribution is 7.99. The van der Waals surface area contributed by atoms with Crippen LogP contribution in [0.3, 0.4) is 0 Å². The van der Waals surface area contributed by atoms with E-state index in [4.69, 9.17) is 18.9 Å². The molecule has 0 radical (unpaired) electrons. The molecule has 1 heterocycles. The molecule has 1 atom stereocenters. The maximum Gasteiger partial charge on any atom is 0.191 e. The van der Waals surface area contributed by atoms with Crippen molar-refractivity contribution in [1.82, 2.24) is 14.8 Å². The number of hydrogen-bond acceptors (Lipinski definition) is 8. The number of aliphatic hydroxyl groups excluding tert-OH is 1. The summed E-state index contributed by atoms with van der Waals surface area (Å²) in [6.07, 6.45) is -0.731. The summed E-state index contributed by atoms with van der Waals surface area (Å²) < 4.78 is 24.4. The Labute approximate surface area is 249 Å². The third-order valence-corrected chi connectivity index (χ3v) is 7.75. The largest absolute Gasteiger partial charge is 0.497 e. The van der Waals surface area contributed by atoms with Crippen molar-refractivity contribution in [1.29, 1.82) is 0 Å². The second-order valence-corrected chi connectivity index (χ2v) is 10.5. The minimum atomic E-state index is -0.731. The normalized spacial score (nSPS) is 11.6. The van der Waals surface area contributed by atoms with Crippen molar-refractivity contribution >= 4 is 11.8 Å². The maximum absolute atomic E-state index is 10.9. The highest BCUT2D eigenvalue weighted by Crippen LogP contribution is 2.33. The van der Waals surface area contributed by atoms with Crippen LogP contribution < -0.4 is 18.9 Å². The molecule has 216 valence electrons. The minimum absolute atomic E-state index is 0.142. The van der Waals surface area contributed by atoms with Gasteiger partial charge >= 0.3 is 0 Å². The summed E-state index contributed by atoms with van der Waals surface area (Å²) in [5, 5.41) is 20.6. The molecule has 8 nitrogen and oxygen atoms in total. The van der Waals surface area contributed by atoms with Gasteiger partial charge in [-0.15, -0.1) is 10.2 Å². The van der Waals surface area contributed by atoms with Gasteiger partial charge in [0.05, 0.1) is 34.0 Å². The van der Waals surface area contributed by atoms with E-state index in [2.05, 4.69) is 10.2 Å². The van der Waals surface area contributed by atoms with Crippen LogP contribution in [0.5, 0.6) is 23.0 Å². The number of hydrogen-bond donors (Lipinski definition) is 1. The zero-order valence-corrected chi connectivity index (χ0v) is 24.6. The van der Waals surface area contributed by atoms with Gasteiger partial charge in [0.25, 0.3) is 0 Å². The Morgan fingerprint density at radius 2 is 1.40 bits per heavy atom. The minimum Gasteiger partial charge on any atom is -0.497 e. The van der Waals surface area contributed by atoms with E-state index in [0.29, 0.717) is 34.8 Å². The van der Waals surface area contributed by atoms with Gasteiger partial charge in [-0.1, -0.05) is 72.4 Å². The van der Waals surface area contributed by atoms with Crippen molar-refractivity contribution < 1.29 is 24.1 Å². The molecule has 0 aliphatic heterocycles. The van der Waals surface area contributed by atoms with Crippen LogP contribution in [-0.2, 0) is 6.54 Å². The Kier molecular flexibility index (Phi) is 9.63. The van der Waals surface area contributed by atoms with Gasteiger partial charge in [-0.25, -0.2) is 0 Å². The van der Waals surface area contributed by atoms with Crippen LogP contribution in [0, 0.1) is 0 Å². The van der Waals surface area contributed by atoms with E-state index in [1.54, 1.807) is 21.3 Å². The molecule has 5 aromatic rings. The lowest BCUT2D eigenvalue weighted by atomic mass is 10.1. The second-order valence-electron chi connectivity index (χ2n) is 9.48. The predicted molar refractivity (Wildman–Crippen MR) is 165 cm³/mol. The van der Waals surface area contributed by atoms with Crippen LogP contribution in [-0.4, -0.2) is 59.7 Å². The zero-order valence-electron chi connectivity index (χ0n) is 23.8. The molecule has 1 aromatic heterocycles. The van der Waals surface area contributed by atoms with E-state index >= 15 is 0 Å². The third-order valence-electron chi connectivity index (χ3n) is 6.63. The molecule has 0 amide bonds. The average Bonchev–Trinajstić information content (AvgIpc) is 3.45. The zero-order chi connectivity index (χ0) is 29.3. The topological polar surface area (TPSA) is 87.9 Å². The summed E-state index contributed by atoms with van der Waals surface area (Å²) in [6.45, 7) is 0.661. The van der Waals surface area contributed by atoms with Crippen LogP contribution >= 0.6 is 11.8 Å². The predicted octanol–water partition coefficient (Wildman–Crippen LogP) is 6.22. The van der Waals surface area contributed by atoms with E-state index in [1.165, 1.54) is 11.8 Å². The highest BCUT2D eigenvalue weighted by atomic mass is 32.2. The molecule has 42 heavy (non-hydrogen) atoms. The van der Waals surface area contributed by atoms with Crippen molar-refractivity contribution in [2.24, 2.45) is 0 Å². The number of nitrogens with zero attached hydrogens (tertiary/aromatic N) is 3. The first-order chi connectivity index (χ1) is 20.6. The molecule has 0 spiro atoms. The second kappa shape index (κ2) is 13.9. The smallest absolute Gasteiger partial charge is 0.191 e. The van der Waals surface area contributed by atoms with Gasteiger partial charge in [-0.3, -0.25) is 4.57 Å². The first-order valence-electron chi connectivity index (χ1n) is 13.5. The molecule has 0 aliphatic carbocycles. The molecular formula is C33H33N3O5S. The molecule has 4 aromatic carbocycles. The first kappa shape index (κ1) is 29.0. The lowest BCUT2D eigenvalue weighted by molar-refractivity contribution is 0.126. The molecule has 1 unspecified atom stereocenters. The standard InChI is InChI=1S/C33H33N3O5S/c1-38-27-15-13-23(14-16-27)20-36-32(25-17-28(39-2)19-29(18-25)40-3)34-35-33(36)42-22-26(37)21-41-31-12-8-7-11-30(31)24-9-5-4-6-10-24/h4-19,26,37H,20-22H2,1-3H3. The van der Waals surface area contributed by atoms with Gasteiger partial charge < -0.3 is 24.1 Å². The van der Waals surface area contributed by atoms with Gasteiger partial charge in [-0.2, -0.15) is 0 Å². The number of para-hydroxylation sites is 1. The summed E-state index contributed by atoms with van der Waals surface area (Å²) in [6, 6.07) is 31.4. The fourth-order valence-corrected chi connectivity index (χ4v) is 5.30. The Morgan fingerprint density at radius 1 is 0.738 bits per heavy atom. The van der Waals surface area contributed by atoms with Crippen molar-refractivity contribution in [3.63, 3.8) is 0 Å². The fourth-order valence-electron chi connectivity index (χ4n) is 4.46. The van der Waals surface area contributed by atoms with E-state index in [1.807, 2.05) is 102 Å². The SMILES string of the molecule is COc1ccc(Cn2c(SCC(O)COc3ccccc3-c3ccccc3)nnc2-c2cc(OC)cc(OC)c2)cc1. The number of benzene rings is 4. The van der Waals surface area contributed by atoms with Crippen molar-refractivity contribution in [3.05, 3.63) is 103 Å². The molecule has 1 N–H and O–H groups in total. The Hall–Kier alpha value is -4.47. The van der Waals surface area contributed by atoms with Crippen LogP contribution in [0.25, 0.3) is 22.5 Å². The average molecular weight is 584 g/mol. The molecule has 0 bridgehead atoms. The summed E-state index contributed by atoms with van der Waals surface area (Å²) in [5.74, 6) is 3.85. The number of thioether (sulfide) groups is 1. The summed E-state index contributed by atoms with van der Waals surface area (Å²) >= 11 is 1.43. The maximum atomic E-state index is 10.9. The molecule has 0 fully saturated rings. The Balaban J connectivity index is 1.34. The van der Waals surface area contributed by atoms with Gasteiger partial charge in [-0.05, 0) is 41.5 Å². The molecule has 9 heteroatoms. The molecule has 0 saturated carbocycles. The fraction of sp³-hybridized carbons (Fsp3) is 0.212. The van der Waals surface area contributed by atoms with E-state index in [9.17, 15) is 5.11 Å². The van der Waals surface area contributed by atoms with Crippen LogP contribution in [0.15, 0.2) is 102 Å². The van der Waals surface area contributed by atoms with E-state index < -0.39 is 6.10 Å². The van der Waals surface area contributed by atoms with Gasteiger partial charge in [0, 0.05) is 22.9 Å². The lowest BCUT2D eigenvalue weighted by Crippen LogP contribution is -2.20. The van der Waals surface area contributed by atoms with Gasteiger partial charge in [0.2, 0.25) is 0 Å². The monoisotopic (exact) mass is 583 g/mol. The number of ether oxygens (including phenoxy) is 4. The van der Waals surface area contributed by atoms with Crippen LogP contribution in [0.1, 0.15) is 5.56 Å². The quantitative estimate of drug-likeness (QED) is 0.164. The highest BCUT2D eigenvalue weighted by Gasteiger charge is 2.19. The van der Waals surface area contributed by atoms with Crippen LogP contribution in [0.4, 0.5) is 0 Å². The number of aromatic nitrogens is 3. The van der Waals surface area contributed by atoms with Crippen molar-refractivity contribution in [2.45, 2.75) is 17.8 Å². The Morgan fingerprint density at radius 3 is 2.10 bits per heavy atom. The number of methoxy groups -OCH3 is 3. The third kappa shape index (κ3) is 7.05. The Bertz CT molecular complexity index is 1570. The van der Waals surface area contributed by atoms with E-state index in [-0.39, 0.29) is 6.61 Å². The number of aliphatic hydroxyl groups is 1. The number of rotatable bonds is 13. The first-order valence-corrected chi connectivity index (χ1v) is 14.4. The van der Waals surface area contributed by atoms with Crippen molar-refractivity contribution in [2.75, 3.05) is 33.7 Å². The molecular weight excluding hydrogens is 550 g/mol. The van der Waals surface area contributed by atoms with Gasteiger partial charge in [0.15, 0.2) is 11.0 Å². The van der Waals surface area contributed by atoms with Gasteiger partial charge in [0.1, 0.15) is 29.6 Å². The molecule has 0 aliphatic rings. The summed E-state index contributed by atoms with van der Waals surface area (Å²) in [5.41, 5.74) is 3.90.